The first-order valence-electron chi connectivity index (χ1n) is 5.51. The summed E-state index contributed by atoms with van der Waals surface area (Å²) in [6, 6.07) is 0. The zero-order valence-electron chi connectivity index (χ0n) is 10.1. The summed E-state index contributed by atoms with van der Waals surface area (Å²) in [7, 11) is 1.38. The smallest absolute Gasteiger partial charge is 0.333 e. The molecule has 94 valence electrons. The summed E-state index contributed by atoms with van der Waals surface area (Å²) in [4.78, 5) is 15.1. The fourth-order valence-corrected chi connectivity index (χ4v) is 1.30. The van der Waals surface area contributed by atoms with Crippen molar-refractivity contribution in [1.82, 2.24) is 15.5 Å². The quantitative estimate of drug-likeness (QED) is 0.429. The van der Waals surface area contributed by atoms with E-state index in [1.807, 2.05) is 13.0 Å². The molecule has 0 saturated heterocycles. The largest absolute Gasteiger partial charge is 0.466 e. The Balaban J connectivity index is 2.21. The Morgan fingerprint density at radius 1 is 1.65 bits per heavy atom. The summed E-state index contributed by atoms with van der Waals surface area (Å²) in [6.07, 6.45) is 4.55. The second kappa shape index (κ2) is 7.56. The maximum atomic E-state index is 11.2. The van der Waals surface area contributed by atoms with Crippen LogP contribution in [0.4, 0.5) is 0 Å². The highest BCUT2D eigenvalue weighted by molar-refractivity contribution is 5.88. The van der Waals surface area contributed by atoms with Crippen molar-refractivity contribution >= 4 is 5.97 Å². The lowest BCUT2D eigenvalue weighted by molar-refractivity contribution is -0.136. The van der Waals surface area contributed by atoms with Gasteiger partial charge in [0.25, 0.3) is 0 Å². The minimum atomic E-state index is -0.272. The van der Waals surface area contributed by atoms with Crippen molar-refractivity contribution in [3.8, 4) is 0 Å². The van der Waals surface area contributed by atoms with E-state index >= 15 is 0 Å². The molecule has 0 aliphatic rings. The van der Waals surface area contributed by atoms with Crippen molar-refractivity contribution in [1.29, 1.82) is 0 Å². The summed E-state index contributed by atoms with van der Waals surface area (Å²) in [6.45, 7) is 3.25. The molecule has 0 atom stereocenters. The predicted molar refractivity (Wildman–Crippen MR) is 61.3 cm³/mol. The van der Waals surface area contributed by atoms with Crippen LogP contribution in [0.3, 0.4) is 0 Å². The molecule has 17 heavy (non-hydrogen) atoms. The molecule has 0 bridgehead atoms. The van der Waals surface area contributed by atoms with Crippen LogP contribution in [0.5, 0.6) is 0 Å². The molecule has 1 aromatic heterocycles. The monoisotopic (exact) mass is 239 g/mol. The number of methoxy groups -OCH3 is 1. The SMILES string of the molecule is CCC(=CCNCCc1ncno1)C(=O)OC. The van der Waals surface area contributed by atoms with Crippen molar-refractivity contribution in [2.75, 3.05) is 20.2 Å². The number of hydrogen-bond donors (Lipinski definition) is 1. The molecule has 1 heterocycles. The van der Waals surface area contributed by atoms with Gasteiger partial charge in [-0.05, 0) is 6.42 Å². The zero-order chi connectivity index (χ0) is 12.5. The number of aromatic nitrogens is 2. The molecule has 0 spiro atoms. The van der Waals surface area contributed by atoms with E-state index in [1.54, 1.807) is 0 Å². The number of nitrogens with one attached hydrogen (secondary N) is 1. The molecular weight excluding hydrogens is 222 g/mol. The highest BCUT2D eigenvalue weighted by atomic mass is 16.5. The summed E-state index contributed by atoms with van der Waals surface area (Å²) < 4.78 is 9.50. The molecular formula is C11H17N3O3. The van der Waals surface area contributed by atoms with Gasteiger partial charge in [-0.25, -0.2) is 4.79 Å². The highest BCUT2D eigenvalue weighted by Crippen LogP contribution is 2.01. The first kappa shape index (κ1) is 13.4. The third kappa shape index (κ3) is 4.78. The van der Waals surface area contributed by atoms with Gasteiger partial charge in [0, 0.05) is 25.1 Å². The maximum Gasteiger partial charge on any atom is 0.333 e. The molecule has 0 aliphatic carbocycles. The molecule has 0 aromatic carbocycles. The van der Waals surface area contributed by atoms with E-state index in [2.05, 4.69) is 20.2 Å². The Hall–Kier alpha value is -1.69. The number of carbonyl (C=O) groups excluding carboxylic acids is 1. The van der Waals surface area contributed by atoms with E-state index in [9.17, 15) is 4.79 Å². The average Bonchev–Trinajstić information content (AvgIpc) is 2.86. The van der Waals surface area contributed by atoms with Crippen LogP contribution in [0.2, 0.25) is 0 Å². The number of rotatable bonds is 7. The second-order valence-corrected chi connectivity index (χ2v) is 3.36. The zero-order valence-corrected chi connectivity index (χ0v) is 10.1. The maximum absolute atomic E-state index is 11.2. The third-order valence-electron chi connectivity index (χ3n) is 2.24. The van der Waals surface area contributed by atoms with Gasteiger partial charge >= 0.3 is 5.97 Å². The molecule has 0 aliphatic heterocycles. The standard InChI is InChI=1S/C11H17N3O3/c1-3-9(11(15)16-2)4-6-12-7-5-10-13-8-14-17-10/h4,8,12H,3,5-7H2,1-2H3. The van der Waals surface area contributed by atoms with Gasteiger partial charge < -0.3 is 14.6 Å². The fraction of sp³-hybridized carbons (Fsp3) is 0.545. The molecule has 1 rings (SSSR count). The summed E-state index contributed by atoms with van der Waals surface area (Å²) >= 11 is 0. The molecule has 1 aromatic rings. The molecule has 0 unspecified atom stereocenters. The lowest BCUT2D eigenvalue weighted by Crippen LogP contribution is -2.18. The van der Waals surface area contributed by atoms with Crippen molar-refractivity contribution in [2.24, 2.45) is 0 Å². The van der Waals surface area contributed by atoms with Gasteiger partial charge in [-0.2, -0.15) is 4.98 Å². The number of nitrogens with zero attached hydrogens (tertiary/aromatic N) is 2. The Kier molecular flexibility index (Phi) is 5.95. The minimum Gasteiger partial charge on any atom is -0.466 e. The Morgan fingerprint density at radius 2 is 2.47 bits per heavy atom. The number of esters is 1. The van der Waals surface area contributed by atoms with Crippen molar-refractivity contribution in [3.05, 3.63) is 23.9 Å². The summed E-state index contributed by atoms with van der Waals surface area (Å²) in [5.74, 6) is 0.330. The van der Waals surface area contributed by atoms with Crippen LogP contribution in [0.15, 0.2) is 22.5 Å². The second-order valence-electron chi connectivity index (χ2n) is 3.36. The van der Waals surface area contributed by atoms with Crippen LogP contribution in [0.25, 0.3) is 0 Å². The van der Waals surface area contributed by atoms with Gasteiger partial charge in [-0.1, -0.05) is 18.2 Å². The van der Waals surface area contributed by atoms with Crippen LogP contribution >= 0.6 is 0 Å². The Labute approximate surface area is 100 Å². The fourth-order valence-electron chi connectivity index (χ4n) is 1.30. The van der Waals surface area contributed by atoms with Gasteiger partial charge in [0.1, 0.15) is 0 Å². The van der Waals surface area contributed by atoms with Crippen LogP contribution < -0.4 is 5.32 Å². The molecule has 0 fully saturated rings. The van der Waals surface area contributed by atoms with E-state index in [-0.39, 0.29) is 5.97 Å². The van der Waals surface area contributed by atoms with Crippen molar-refractivity contribution < 1.29 is 14.1 Å². The minimum absolute atomic E-state index is 0.272. The lowest BCUT2D eigenvalue weighted by atomic mass is 10.2. The Morgan fingerprint density at radius 3 is 3.06 bits per heavy atom. The van der Waals surface area contributed by atoms with E-state index < -0.39 is 0 Å². The lowest BCUT2D eigenvalue weighted by Gasteiger charge is -2.03. The van der Waals surface area contributed by atoms with Gasteiger partial charge in [0.2, 0.25) is 5.89 Å². The summed E-state index contributed by atoms with van der Waals surface area (Å²) in [5.41, 5.74) is 0.679. The number of ether oxygens (including phenoxy) is 1. The van der Waals surface area contributed by atoms with Crippen LogP contribution in [0.1, 0.15) is 19.2 Å². The Bertz CT molecular complexity index is 360. The molecule has 6 nitrogen and oxygen atoms in total. The number of hydrogen-bond acceptors (Lipinski definition) is 6. The van der Waals surface area contributed by atoms with Gasteiger partial charge in [0.15, 0.2) is 6.33 Å². The molecule has 6 heteroatoms. The van der Waals surface area contributed by atoms with E-state index in [0.29, 0.717) is 30.9 Å². The molecule has 0 radical (unpaired) electrons. The van der Waals surface area contributed by atoms with Gasteiger partial charge in [0.05, 0.1) is 7.11 Å². The molecule has 0 amide bonds. The molecule has 1 N–H and O–H groups in total. The van der Waals surface area contributed by atoms with Crippen LogP contribution in [-0.4, -0.2) is 36.3 Å². The van der Waals surface area contributed by atoms with Crippen molar-refractivity contribution in [3.63, 3.8) is 0 Å². The third-order valence-corrected chi connectivity index (χ3v) is 2.24. The molecule has 0 saturated carbocycles. The normalized spacial score (nSPS) is 11.5. The average molecular weight is 239 g/mol. The van der Waals surface area contributed by atoms with E-state index in [0.717, 1.165) is 6.54 Å². The van der Waals surface area contributed by atoms with E-state index in [4.69, 9.17) is 4.52 Å². The summed E-state index contributed by atoms with van der Waals surface area (Å²) in [5, 5.41) is 6.67. The first-order valence-corrected chi connectivity index (χ1v) is 5.51. The topological polar surface area (TPSA) is 77.3 Å². The van der Waals surface area contributed by atoms with E-state index in [1.165, 1.54) is 13.4 Å². The van der Waals surface area contributed by atoms with Gasteiger partial charge in [-0.15, -0.1) is 0 Å². The predicted octanol–water partition coefficient (Wildman–Crippen LogP) is 0.711. The van der Waals surface area contributed by atoms with Crippen LogP contribution in [0, 0.1) is 0 Å². The highest BCUT2D eigenvalue weighted by Gasteiger charge is 2.05. The first-order chi connectivity index (χ1) is 8.27. The van der Waals surface area contributed by atoms with Crippen molar-refractivity contribution in [2.45, 2.75) is 19.8 Å². The van der Waals surface area contributed by atoms with Gasteiger partial charge in [-0.3, -0.25) is 0 Å². The van der Waals surface area contributed by atoms with Crippen LogP contribution in [-0.2, 0) is 16.0 Å². The number of carbonyl (C=O) groups is 1.